The number of rotatable bonds is 3. The molecular formula is C15H17FN2. The molecule has 0 aliphatic heterocycles. The molecule has 0 radical (unpaired) electrons. The highest BCUT2D eigenvalue weighted by atomic mass is 19.1. The van der Waals surface area contributed by atoms with Crippen LogP contribution < -0.4 is 5.73 Å². The standard InChI is InChI=1S/C15H17FN2/c1-18(2)15(11-6-5-7-12(17)10-11)13-8-3-4-9-14(13)16/h3-10,15H,17H2,1-2H3. The van der Waals surface area contributed by atoms with E-state index in [-0.39, 0.29) is 11.9 Å². The highest BCUT2D eigenvalue weighted by Gasteiger charge is 2.19. The zero-order valence-electron chi connectivity index (χ0n) is 10.6. The van der Waals surface area contributed by atoms with Crippen LogP contribution in [0.5, 0.6) is 0 Å². The second-order valence-corrected chi connectivity index (χ2v) is 4.56. The summed E-state index contributed by atoms with van der Waals surface area (Å²) in [5, 5.41) is 0. The van der Waals surface area contributed by atoms with E-state index < -0.39 is 0 Å². The lowest BCUT2D eigenvalue weighted by atomic mass is 9.97. The van der Waals surface area contributed by atoms with E-state index in [9.17, 15) is 4.39 Å². The minimum absolute atomic E-state index is 0.130. The quantitative estimate of drug-likeness (QED) is 0.841. The van der Waals surface area contributed by atoms with Gasteiger partial charge in [-0.2, -0.15) is 0 Å². The molecule has 0 aliphatic carbocycles. The van der Waals surface area contributed by atoms with Crippen molar-refractivity contribution in [1.82, 2.24) is 4.90 Å². The van der Waals surface area contributed by atoms with Crippen molar-refractivity contribution < 1.29 is 4.39 Å². The van der Waals surface area contributed by atoms with Crippen LogP contribution in [0.2, 0.25) is 0 Å². The third-order valence-electron chi connectivity index (χ3n) is 2.94. The molecule has 2 rings (SSSR count). The predicted octanol–water partition coefficient (Wildman–Crippen LogP) is 3.06. The van der Waals surface area contributed by atoms with E-state index in [0.717, 1.165) is 5.56 Å². The van der Waals surface area contributed by atoms with Crippen LogP contribution in [-0.4, -0.2) is 19.0 Å². The van der Waals surface area contributed by atoms with Gasteiger partial charge in [0.05, 0.1) is 6.04 Å². The molecule has 0 fully saturated rings. The molecule has 0 heterocycles. The summed E-state index contributed by atoms with van der Waals surface area (Å²) in [5.74, 6) is -0.196. The summed E-state index contributed by atoms with van der Waals surface area (Å²) in [7, 11) is 3.86. The van der Waals surface area contributed by atoms with Crippen molar-refractivity contribution in [3.8, 4) is 0 Å². The number of benzene rings is 2. The van der Waals surface area contributed by atoms with E-state index in [4.69, 9.17) is 5.73 Å². The van der Waals surface area contributed by atoms with Gasteiger partial charge in [-0.05, 0) is 37.9 Å². The molecule has 0 amide bonds. The van der Waals surface area contributed by atoms with Gasteiger partial charge in [-0.25, -0.2) is 4.39 Å². The number of nitrogens with two attached hydrogens (primary N) is 1. The van der Waals surface area contributed by atoms with E-state index in [1.165, 1.54) is 6.07 Å². The number of anilines is 1. The van der Waals surface area contributed by atoms with Crippen LogP contribution in [0.1, 0.15) is 17.2 Å². The van der Waals surface area contributed by atoms with Gasteiger partial charge in [-0.1, -0.05) is 30.3 Å². The molecule has 2 aromatic rings. The van der Waals surface area contributed by atoms with Crippen LogP contribution in [0.3, 0.4) is 0 Å². The molecule has 0 aliphatic rings. The normalized spacial score (nSPS) is 12.7. The Bertz CT molecular complexity index is 538. The fourth-order valence-corrected chi connectivity index (χ4v) is 2.18. The Morgan fingerprint density at radius 2 is 1.78 bits per heavy atom. The Morgan fingerprint density at radius 1 is 1.06 bits per heavy atom. The fraction of sp³-hybridized carbons (Fsp3) is 0.200. The Labute approximate surface area is 107 Å². The summed E-state index contributed by atoms with van der Waals surface area (Å²) in [6, 6.07) is 14.3. The predicted molar refractivity (Wildman–Crippen MR) is 72.8 cm³/mol. The van der Waals surface area contributed by atoms with Gasteiger partial charge in [0.25, 0.3) is 0 Å². The second kappa shape index (κ2) is 5.19. The number of nitrogen functional groups attached to an aromatic ring is 1. The van der Waals surface area contributed by atoms with Crippen molar-refractivity contribution in [3.63, 3.8) is 0 Å². The number of halogens is 1. The zero-order chi connectivity index (χ0) is 13.1. The lowest BCUT2D eigenvalue weighted by molar-refractivity contribution is 0.334. The molecule has 2 aromatic carbocycles. The Balaban J connectivity index is 2.50. The van der Waals surface area contributed by atoms with Gasteiger partial charge in [-0.15, -0.1) is 0 Å². The maximum atomic E-state index is 13.9. The lowest BCUT2D eigenvalue weighted by Gasteiger charge is -2.25. The molecule has 18 heavy (non-hydrogen) atoms. The summed E-state index contributed by atoms with van der Waals surface area (Å²) in [4.78, 5) is 1.98. The fourth-order valence-electron chi connectivity index (χ4n) is 2.18. The first-order valence-electron chi connectivity index (χ1n) is 5.86. The van der Waals surface area contributed by atoms with Gasteiger partial charge in [0.2, 0.25) is 0 Å². The van der Waals surface area contributed by atoms with Crippen LogP contribution in [-0.2, 0) is 0 Å². The first-order valence-corrected chi connectivity index (χ1v) is 5.86. The molecule has 3 heteroatoms. The molecule has 94 valence electrons. The van der Waals surface area contributed by atoms with E-state index in [0.29, 0.717) is 11.3 Å². The van der Waals surface area contributed by atoms with Gasteiger partial charge >= 0.3 is 0 Å². The minimum Gasteiger partial charge on any atom is -0.399 e. The molecule has 0 spiro atoms. The van der Waals surface area contributed by atoms with Crippen LogP contribution in [0.25, 0.3) is 0 Å². The molecule has 0 aromatic heterocycles. The third kappa shape index (κ3) is 2.51. The largest absolute Gasteiger partial charge is 0.399 e. The lowest BCUT2D eigenvalue weighted by Crippen LogP contribution is -2.22. The highest BCUT2D eigenvalue weighted by Crippen LogP contribution is 2.29. The van der Waals surface area contributed by atoms with Gasteiger partial charge < -0.3 is 5.73 Å². The first-order chi connectivity index (χ1) is 8.59. The Hall–Kier alpha value is -1.87. The summed E-state index contributed by atoms with van der Waals surface area (Å²) in [6.45, 7) is 0. The van der Waals surface area contributed by atoms with Crippen LogP contribution >= 0.6 is 0 Å². The Kier molecular flexibility index (Phi) is 3.63. The van der Waals surface area contributed by atoms with Crippen molar-refractivity contribution in [2.75, 3.05) is 19.8 Å². The second-order valence-electron chi connectivity index (χ2n) is 4.56. The van der Waals surface area contributed by atoms with E-state index in [1.54, 1.807) is 6.07 Å². The van der Waals surface area contributed by atoms with Crippen molar-refractivity contribution in [2.45, 2.75) is 6.04 Å². The summed E-state index contributed by atoms with van der Waals surface area (Å²) < 4.78 is 13.9. The van der Waals surface area contributed by atoms with Crippen LogP contribution in [0.15, 0.2) is 48.5 Å². The molecular weight excluding hydrogens is 227 g/mol. The maximum absolute atomic E-state index is 13.9. The van der Waals surface area contributed by atoms with Crippen molar-refractivity contribution in [1.29, 1.82) is 0 Å². The molecule has 0 bridgehead atoms. The Morgan fingerprint density at radius 3 is 2.39 bits per heavy atom. The monoisotopic (exact) mass is 244 g/mol. The summed E-state index contributed by atoms with van der Waals surface area (Å²) in [6.07, 6.45) is 0. The van der Waals surface area contributed by atoms with Gasteiger partial charge in [-0.3, -0.25) is 4.90 Å². The highest BCUT2D eigenvalue weighted by molar-refractivity contribution is 5.44. The van der Waals surface area contributed by atoms with Gasteiger partial charge in [0, 0.05) is 11.3 Å². The molecule has 0 saturated heterocycles. The maximum Gasteiger partial charge on any atom is 0.128 e. The summed E-state index contributed by atoms with van der Waals surface area (Å²) in [5.41, 5.74) is 8.14. The van der Waals surface area contributed by atoms with E-state index >= 15 is 0 Å². The van der Waals surface area contributed by atoms with Crippen molar-refractivity contribution in [2.24, 2.45) is 0 Å². The van der Waals surface area contributed by atoms with Crippen LogP contribution in [0, 0.1) is 5.82 Å². The van der Waals surface area contributed by atoms with Gasteiger partial charge in [0.1, 0.15) is 5.82 Å². The number of hydrogen-bond donors (Lipinski definition) is 1. The number of hydrogen-bond acceptors (Lipinski definition) is 2. The molecule has 2 N–H and O–H groups in total. The molecule has 2 nitrogen and oxygen atoms in total. The zero-order valence-corrected chi connectivity index (χ0v) is 10.6. The van der Waals surface area contributed by atoms with E-state index in [1.807, 2.05) is 55.4 Å². The molecule has 1 atom stereocenters. The van der Waals surface area contributed by atoms with Crippen molar-refractivity contribution in [3.05, 3.63) is 65.5 Å². The SMILES string of the molecule is CN(C)C(c1cccc(N)c1)c1ccccc1F. The smallest absolute Gasteiger partial charge is 0.128 e. The van der Waals surface area contributed by atoms with Gasteiger partial charge in [0.15, 0.2) is 0 Å². The van der Waals surface area contributed by atoms with E-state index in [2.05, 4.69) is 0 Å². The first kappa shape index (κ1) is 12.6. The molecule has 1 unspecified atom stereocenters. The average Bonchev–Trinajstić information content (AvgIpc) is 2.32. The topological polar surface area (TPSA) is 29.3 Å². The van der Waals surface area contributed by atoms with Crippen molar-refractivity contribution >= 4 is 5.69 Å². The van der Waals surface area contributed by atoms with Crippen LogP contribution in [0.4, 0.5) is 10.1 Å². The average molecular weight is 244 g/mol. The third-order valence-corrected chi connectivity index (χ3v) is 2.94. The molecule has 0 saturated carbocycles. The summed E-state index contributed by atoms with van der Waals surface area (Å²) >= 11 is 0. The minimum atomic E-state index is -0.196. The number of nitrogens with zero attached hydrogens (tertiary/aromatic N) is 1.